The molecule has 0 saturated carbocycles. The van der Waals surface area contributed by atoms with Crippen LogP contribution in [0, 0.1) is 6.92 Å². The minimum absolute atomic E-state index is 0.0824. The maximum Gasteiger partial charge on any atom is 0.248 e. The van der Waals surface area contributed by atoms with Gasteiger partial charge in [-0.15, -0.1) is 0 Å². The van der Waals surface area contributed by atoms with Crippen molar-refractivity contribution in [2.45, 2.75) is 20.4 Å². The van der Waals surface area contributed by atoms with Crippen LogP contribution in [0.2, 0.25) is 0 Å². The Morgan fingerprint density at radius 1 is 1.12 bits per heavy atom. The number of nitrogens with one attached hydrogen (secondary N) is 1. The molecule has 3 nitrogen and oxygen atoms in total. The number of nitrogens with zero attached hydrogens (tertiary/aromatic N) is 1. The van der Waals surface area contributed by atoms with Gasteiger partial charge in [-0.3, -0.25) is 9.69 Å². The molecule has 1 heterocycles. The van der Waals surface area contributed by atoms with Crippen molar-refractivity contribution in [3.63, 3.8) is 0 Å². The number of benzene rings is 2. The molecule has 26 heavy (non-hydrogen) atoms. The average molecular weight is 367 g/mol. The highest BCUT2D eigenvalue weighted by Gasteiger charge is 2.13. The van der Waals surface area contributed by atoms with Crippen LogP contribution in [-0.4, -0.2) is 35.4 Å². The summed E-state index contributed by atoms with van der Waals surface area (Å²) >= 11 is 2.02. The van der Waals surface area contributed by atoms with Gasteiger partial charge in [-0.2, -0.15) is 11.8 Å². The minimum Gasteiger partial charge on any atom is -0.322 e. The van der Waals surface area contributed by atoms with Crippen LogP contribution in [0.25, 0.3) is 5.57 Å². The third-order valence-electron chi connectivity index (χ3n) is 4.78. The molecule has 1 N–H and O–H groups in total. The Morgan fingerprint density at radius 3 is 2.58 bits per heavy atom. The molecule has 1 saturated heterocycles. The van der Waals surface area contributed by atoms with Crippen LogP contribution in [0.1, 0.15) is 23.6 Å². The molecular weight excluding hydrogens is 340 g/mol. The average Bonchev–Trinajstić information content (AvgIpc) is 2.66. The van der Waals surface area contributed by atoms with E-state index < -0.39 is 0 Å². The molecule has 2 aromatic rings. The Hall–Kier alpha value is -2.04. The van der Waals surface area contributed by atoms with Gasteiger partial charge in [0.15, 0.2) is 0 Å². The van der Waals surface area contributed by atoms with E-state index in [9.17, 15) is 4.79 Å². The van der Waals surface area contributed by atoms with Gasteiger partial charge >= 0.3 is 0 Å². The number of carbonyl (C=O) groups is 1. The summed E-state index contributed by atoms with van der Waals surface area (Å²) in [6, 6.07) is 16.2. The van der Waals surface area contributed by atoms with Crippen molar-refractivity contribution in [3.05, 3.63) is 71.3 Å². The normalized spacial score (nSPS) is 15.7. The Labute approximate surface area is 160 Å². The molecule has 136 valence electrons. The molecule has 0 bridgehead atoms. The van der Waals surface area contributed by atoms with E-state index in [1.54, 1.807) is 6.08 Å². The Bertz CT molecular complexity index is 780. The van der Waals surface area contributed by atoms with Gasteiger partial charge in [-0.1, -0.05) is 42.5 Å². The van der Waals surface area contributed by atoms with Crippen molar-refractivity contribution in [3.8, 4) is 0 Å². The smallest absolute Gasteiger partial charge is 0.248 e. The zero-order valence-corrected chi connectivity index (χ0v) is 16.3. The van der Waals surface area contributed by atoms with Crippen LogP contribution >= 0.6 is 11.8 Å². The van der Waals surface area contributed by atoms with E-state index in [-0.39, 0.29) is 5.91 Å². The molecule has 0 aromatic heterocycles. The number of hydrogen-bond donors (Lipinski definition) is 1. The summed E-state index contributed by atoms with van der Waals surface area (Å²) in [6.07, 6.45) is 1.67. The van der Waals surface area contributed by atoms with Gasteiger partial charge < -0.3 is 5.32 Å². The molecule has 2 aromatic carbocycles. The van der Waals surface area contributed by atoms with Crippen molar-refractivity contribution in [2.75, 3.05) is 29.9 Å². The first-order chi connectivity index (χ1) is 12.6. The summed E-state index contributed by atoms with van der Waals surface area (Å²) in [6.45, 7) is 7.29. The summed E-state index contributed by atoms with van der Waals surface area (Å²) < 4.78 is 0. The van der Waals surface area contributed by atoms with E-state index in [0.29, 0.717) is 0 Å². The second-order valence-electron chi connectivity index (χ2n) is 6.66. The molecule has 0 spiro atoms. The maximum absolute atomic E-state index is 12.4. The predicted octanol–water partition coefficient (Wildman–Crippen LogP) is 4.59. The number of allylic oxidation sites excluding steroid dienone is 1. The molecular formula is C22H26N2OS. The highest BCUT2D eigenvalue weighted by atomic mass is 32.2. The lowest BCUT2D eigenvalue weighted by Gasteiger charge is -2.27. The molecule has 1 aliphatic heterocycles. The fourth-order valence-corrected chi connectivity index (χ4v) is 4.12. The number of hydrogen-bond acceptors (Lipinski definition) is 3. The third kappa shape index (κ3) is 4.99. The fourth-order valence-electron chi connectivity index (χ4n) is 3.14. The van der Waals surface area contributed by atoms with Crippen molar-refractivity contribution in [1.82, 2.24) is 4.90 Å². The fraction of sp³-hybridized carbons (Fsp3) is 0.318. The van der Waals surface area contributed by atoms with Crippen LogP contribution in [0.15, 0.2) is 54.6 Å². The van der Waals surface area contributed by atoms with E-state index >= 15 is 0 Å². The van der Waals surface area contributed by atoms with Crippen molar-refractivity contribution < 1.29 is 4.79 Å². The second-order valence-corrected chi connectivity index (χ2v) is 7.89. The van der Waals surface area contributed by atoms with E-state index in [0.717, 1.165) is 42.0 Å². The van der Waals surface area contributed by atoms with E-state index in [1.807, 2.05) is 61.2 Å². The maximum atomic E-state index is 12.4. The lowest BCUT2D eigenvalue weighted by molar-refractivity contribution is -0.111. The van der Waals surface area contributed by atoms with Gasteiger partial charge in [0, 0.05) is 42.9 Å². The van der Waals surface area contributed by atoms with Crippen molar-refractivity contribution >= 4 is 28.9 Å². The van der Waals surface area contributed by atoms with Gasteiger partial charge in [0.1, 0.15) is 0 Å². The topological polar surface area (TPSA) is 32.3 Å². The Balaban J connectivity index is 1.69. The van der Waals surface area contributed by atoms with Gasteiger partial charge in [-0.05, 0) is 42.2 Å². The monoisotopic (exact) mass is 366 g/mol. The van der Waals surface area contributed by atoms with E-state index in [2.05, 4.69) is 23.2 Å². The number of thioether (sulfide) groups is 1. The lowest BCUT2D eigenvalue weighted by atomic mass is 10.1. The second kappa shape index (κ2) is 9.06. The first-order valence-electron chi connectivity index (χ1n) is 9.07. The molecule has 0 radical (unpaired) electrons. The molecule has 3 rings (SSSR count). The largest absolute Gasteiger partial charge is 0.322 e. The van der Waals surface area contributed by atoms with Gasteiger partial charge in [0.05, 0.1) is 0 Å². The van der Waals surface area contributed by atoms with E-state index in [1.165, 1.54) is 17.1 Å². The molecule has 0 aliphatic carbocycles. The SMILES string of the molecule is C/C(=C\C(=O)Nc1cccc(CN2CCSCC2)c1C)c1ccccc1. The third-order valence-corrected chi connectivity index (χ3v) is 5.72. The molecule has 1 aliphatic rings. The Morgan fingerprint density at radius 2 is 1.85 bits per heavy atom. The molecule has 1 fully saturated rings. The van der Waals surface area contributed by atoms with Crippen LogP contribution < -0.4 is 5.32 Å². The quantitative estimate of drug-likeness (QED) is 0.786. The van der Waals surface area contributed by atoms with E-state index in [4.69, 9.17) is 0 Å². The van der Waals surface area contributed by atoms with Crippen LogP contribution in [-0.2, 0) is 11.3 Å². The molecule has 0 unspecified atom stereocenters. The highest BCUT2D eigenvalue weighted by molar-refractivity contribution is 7.99. The van der Waals surface area contributed by atoms with Crippen LogP contribution in [0.4, 0.5) is 5.69 Å². The summed E-state index contributed by atoms with van der Waals surface area (Å²) in [4.78, 5) is 14.9. The lowest BCUT2D eigenvalue weighted by Crippen LogP contribution is -2.32. The zero-order chi connectivity index (χ0) is 18.4. The number of amides is 1. The predicted molar refractivity (Wildman–Crippen MR) is 113 cm³/mol. The standard InChI is InChI=1S/C22H26N2OS/c1-17(19-7-4-3-5-8-19)15-22(25)23-21-10-6-9-20(18(21)2)16-24-11-13-26-14-12-24/h3-10,15H,11-14,16H2,1-2H3,(H,23,25)/b17-15+. The highest BCUT2D eigenvalue weighted by Crippen LogP contribution is 2.22. The van der Waals surface area contributed by atoms with Crippen molar-refractivity contribution in [1.29, 1.82) is 0 Å². The Kier molecular flexibility index (Phi) is 6.53. The summed E-state index contributed by atoms with van der Waals surface area (Å²) in [5, 5.41) is 3.05. The van der Waals surface area contributed by atoms with Crippen molar-refractivity contribution in [2.24, 2.45) is 0 Å². The molecule has 0 atom stereocenters. The van der Waals surface area contributed by atoms with Crippen LogP contribution in [0.3, 0.4) is 0 Å². The van der Waals surface area contributed by atoms with Gasteiger partial charge in [0.25, 0.3) is 0 Å². The summed E-state index contributed by atoms with van der Waals surface area (Å²) in [7, 11) is 0. The molecule has 1 amide bonds. The summed E-state index contributed by atoms with van der Waals surface area (Å²) in [5.74, 6) is 2.33. The molecule has 4 heteroatoms. The first kappa shape index (κ1) is 18.7. The number of carbonyl (C=O) groups excluding carboxylic acids is 1. The number of rotatable bonds is 5. The minimum atomic E-state index is -0.0824. The summed E-state index contributed by atoms with van der Waals surface area (Å²) in [5.41, 5.74) is 5.37. The number of anilines is 1. The van der Waals surface area contributed by atoms with Gasteiger partial charge in [-0.25, -0.2) is 0 Å². The van der Waals surface area contributed by atoms with Crippen LogP contribution in [0.5, 0.6) is 0 Å². The zero-order valence-electron chi connectivity index (χ0n) is 15.5. The van der Waals surface area contributed by atoms with Gasteiger partial charge in [0.2, 0.25) is 5.91 Å². The first-order valence-corrected chi connectivity index (χ1v) is 10.2.